The first kappa shape index (κ1) is 22.6. The third-order valence-electron chi connectivity index (χ3n) is 6.52. The minimum atomic E-state index is -2.94. The molecule has 0 N–H and O–H groups in total. The molecule has 0 bridgehead atoms. The summed E-state index contributed by atoms with van der Waals surface area (Å²) in [5.74, 6) is 1.75. The molecule has 2 fully saturated rings. The van der Waals surface area contributed by atoms with Crippen molar-refractivity contribution >= 4 is 22.1 Å². The van der Waals surface area contributed by atoms with Crippen molar-refractivity contribution in [1.82, 2.24) is 24.1 Å². The van der Waals surface area contributed by atoms with Crippen molar-refractivity contribution < 1.29 is 8.42 Å². The molecule has 2 aliphatic rings. The van der Waals surface area contributed by atoms with E-state index < -0.39 is 9.84 Å². The van der Waals surface area contributed by atoms with Gasteiger partial charge in [0, 0.05) is 45.7 Å². The van der Waals surface area contributed by atoms with Gasteiger partial charge in [0.05, 0.1) is 18.2 Å². The predicted molar refractivity (Wildman–Crippen MR) is 125 cm³/mol. The van der Waals surface area contributed by atoms with Crippen LogP contribution in [0.5, 0.6) is 0 Å². The van der Waals surface area contributed by atoms with Crippen LogP contribution in [0, 0.1) is 4.77 Å². The molecule has 170 valence electrons. The molecule has 2 aliphatic heterocycles. The third-order valence-corrected chi connectivity index (χ3v) is 8.78. The van der Waals surface area contributed by atoms with Crippen molar-refractivity contribution in [1.29, 1.82) is 0 Å². The lowest BCUT2D eigenvalue weighted by atomic mass is 10.0. The van der Waals surface area contributed by atoms with Gasteiger partial charge in [-0.25, -0.2) is 13.1 Å². The van der Waals surface area contributed by atoms with Gasteiger partial charge < -0.3 is 4.57 Å². The molecule has 1 aromatic heterocycles. The number of hydrogen-bond acceptors (Lipinski definition) is 6. The molecule has 2 saturated heterocycles. The molecule has 0 aliphatic carbocycles. The molecule has 7 nitrogen and oxygen atoms in total. The molecule has 0 spiro atoms. The second-order valence-corrected chi connectivity index (χ2v) is 11.8. The average molecular weight is 464 g/mol. The van der Waals surface area contributed by atoms with Gasteiger partial charge in [0.25, 0.3) is 0 Å². The van der Waals surface area contributed by atoms with Gasteiger partial charge in [-0.15, -0.1) is 0 Å². The Morgan fingerprint density at radius 1 is 1.10 bits per heavy atom. The fourth-order valence-electron chi connectivity index (χ4n) is 4.50. The van der Waals surface area contributed by atoms with E-state index in [2.05, 4.69) is 47.9 Å². The van der Waals surface area contributed by atoms with Gasteiger partial charge in [0.1, 0.15) is 5.82 Å². The zero-order chi connectivity index (χ0) is 22.2. The van der Waals surface area contributed by atoms with Gasteiger partial charge in [-0.1, -0.05) is 38.1 Å². The van der Waals surface area contributed by atoms with E-state index in [1.165, 1.54) is 11.1 Å². The molecule has 9 heteroatoms. The van der Waals surface area contributed by atoms with Crippen LogP contribution in [0.3, 0.4) is 0 Å². The van der Waals surface area contributed by atoms with E-state index in [-0.39, 0.29) is 17.4 Å². The maximum atomic E-state index is 11.9. The van der Waals surface area contributed by atoms with E-state index in [4.69, 9.17) is 17.3 Å². The van der Waals surface area contributed by atoms with Gasteiger partial charge >= 0.3 is 0 Å². The highest BCUT2D eigenvalue weighted by Crippen LogP contribution is 2.27. The first-order chi connectivity index (χ1) is 14.7. The molecule has 0 amide bonds. The molecule has 1 atom stereocenters. The van der Waals surface area contributed by atoms with Crippen LogP contribution in [0.1, 0.15) is 49.1 Å². The summed E-state index contributed by atoms with van der Waals surface area (Å²) in [6, 6.07) is 8.98. The SMILES string of the molecule is CC(C)c1ccc(CN2CCN(Cn3nc(C4CCS(=O)(=O)C4)n(C)c3=S)CC2)cc1. The lowest BCUT2D eigenvalue weighted by molar-refractivity contribution is 0.0979. The Hall–Kier alpha value is -1.55. The maximum Gasteiger partial charge on any atom is 0.198 e. The molecule has 4 rings (SSSR count). The topological polar surface area (TPSA) is 63.4 Å². The third kappa shape index (κ3) is 5.27. The predicted octanol–water partition coefficient (Wildman–Crippen LogP) is 2.75. The van der Waals surface area contributed by atoms with Crippen LogP contribution in [0.2, 0.25) is 0 Å². The van der Waals surface area contributed by atoms with E-state index in [0.29, 0.717) is 23.8 Å². The van der Waals surface area contributed by atoms with Crippen molar-refractivity contribution in [3.8, 4) is 0 Å². The molecule has 1 aromatic carbocycles. The van der Waals surface area contributed by atoms with Crippen LogP contribution >= 0.6 is 12.2 Å². The maximum absolute atomic E-state index is 11.9. The summed E-state index contributed by atoms with van der Waals surface area (Å²) in [6.45, 7) is 10.0. The van der Waals surface area contributed by atoms with E-state index in [0.717, 1.165) is 38.5 Å². The monoisotopic (exact) mass is 463 g/mol. The zero-order valence-corrected chi connectivity index (χ0v) is 20.3. The molecular formula is C22H33N5O2S2. The highest BCUT2D eigenvalue weighted by Gasteiger charge is 2.32. The molecule has 0 radical (unpaired) electrons. The number of rotatable bonds is 6. The van der Waals surface area contributed by atoms with Crippen LogP contribution in [-0.4, -0.2) is 70.2 Å². The fraction of sp³-hybridized carbons (Fsp3) is 0.636. The van der Waals surface area contributed by atoms with E-state index >= 15 is 0 Å². The Kier molecular flexibility index (Phi) is 6.67. The molecule has 0 saturated carbocycles. The first-order valence-corrected chi connectivity index (χ1v) is 13.3. The number of benzene rings is 1. The van der Waals surface area contributed by atoms with Crippen LogP contribution < -0.4 is 0 Å². The van der Waals surface area contributed by atoms with Crippen LogP contribution in [0.15, 0.2) is 24.3 Å². The minimum Gasteiger partial charge on any atom is -0.307 e. The van der Waals surface area contributed by atoms with Crippen LogP contribution in [0.25, 0.3) is 0 Å². The highest BCUT2D eigenvalue weighted by molar-refractivity contribution is 7.91. The first-order valence-electron chi connectivity index (χ1n) is 11.1. The van der Waals surface area contributed by atoms with Gasteiger partial charge in [0.2, 0.25) is 0 Å². The van der Waals surface area contributed by atoms with Crippen molar-refractivity contribution in [3.63, 3.8) is 0 Å². The summed E-state index contributed by atoms with van der Waals surface area (Å²) >= 11 is 5.59. The molecule has 1 unspecified atom stereocenters. The van der Waals surface area contributed by atoms with Crippen LogP contribution in [0.4, 0.5) is 0 Å². The number of aromatic nitrogens is 3. The standard InChI is InChI=1S/C22H33N5O2S2/c1-17(2)19-6-4-18(5-7-19)14-25-9-11-26(12-10-25)16-27-22(30)24(3)21(23-27)20-8-13-31(28,29)15-20/h4-7,17,20H,8-16H2,1-3H3. The van der Waals surface area contributed by atoms with Gasteiger partial charge in [-0.05, 0) is 35.7 Å². The number of sulfone groups is 1. The molecule has 2 aromatic rings. The Morgan fingerprint density at radius 3 is 2.32 bits per heavy atom. The fourth-order valence-corrected chi connectivity index (χ4v) is 6.43. The Balaban J connectivity index is 1.33. The quantitative estimate of drug-likeness (QED) is 0.614. The van der Waals surface area contributed by atoms with E-state index in [1.54, 1.807) is 0 Å². The van der Waals surface area contributed by atoms with Crippen molar-refractivity contribution in [2.75, 3.05) is 37.7 Å². The number of hydrogen-bond donors (Lipinski definition) is 0. The molecule has 31 heavy (non-hydrogen) atoms. The van der Waals surface area contributed by atoms with Gasteiger partial charge in [0.15, 0.2) is 14.6 Å². The minimum absolute atomic E-state index is 0.0446. The summed E-state index contributed by atoms with van der Waals surface area (Å²) in [7, 11) is -1.05. The summed E-state index contributed by atoms with van der Waals surface area (Å²) < 4.78 is 28.1. The second kappa shape index (κ2) is 9.13. The number of nitrogens with zero attached hydrogens (tertiary/aromatic N) is 5. The van der Waals surface area contributed by atoms with Crippen molar-refractivity contribution in [3.05, 3.63) is 46.0 Å². The highest BCUT2D eigenvalue weighted by atomic mass is 32.2. The van der Waals surface area contributed by atoms with Gasteiger partial charge in [-0.3, -0.25) is 9.80 Å². The summed E-state index contributed by atoms with van der Waals surface area (Å²) in [5, 5.41) is 4.72. The summed E-state index contributed by atoms with van der Waals surface area (Å²) in [6.07, 6.45) is 0.638. The second-order valence-electron chi connectivity index (χ2n) is 9.23. The summed E-state index contributed by atoms with van der Waals surface area (Å²) in [4.78, 5) is 4.86. The number of piperazine rings is 1. The van der Waals surface area contributed by atoms with E-state index in [1.807, 2.05) is 16.3 Å². The lowest BCUT2D eigenvalue weighted by Gasteiger charge is -2.34. The van der Waals surface area contributed by atoms with E-state index in [9.17, 15) is 8.42 Å². The molecule has 3 heterocycles. The van der Waals surface area contributed by atoms with Crippen molar-refractivity contribution in [2.24, 2.45) is 7.05 Å². The molecular weight excluding hydrogens is 430 g/mol. The Bertz CT molecular complexity index is 1060. The van der Waals surface area contributed by atoms with Crippen molar-refractivity contribution in [2.45, 2.75) is 45.3 Å². The normalized spacial score (nSPS) is 22.4. The largest absolute Gasteiger partial charge is 0.307 e. The van der Waals surface area contributed by atoms with Crippen LogP contribution in [-0.2, 0) is 30.1 Å². The Labute approximate surface area is 190 Å². The lowest BCUT2D eigenvalue weighted by Crippen LogP contribution is -2.46. The smallest absolute Gasteiger partial charge is 0.198 e. The van der Waals surface area contributed by atoms with Gasteiger partial charge in [-0.2, -0.15) is 5.10 Å². The Morgan fingerprint density at radius 2 is 1.74 bits per heavy atom. The zero-order valence-electron chi connectivity index (χ0n) is 18.7. The summed E-state index contributed by atoms with van der Waals surface area (Å²) in [5.41, 5.74) is 2.75. The average Bonchev–Trinajstić information content (AvgIpc) is 3.23.